The van der Waals surface area contributed by atoms with E-state index in [0.29, 0.717) is 5.92 Å². The molecule has 0 saturated heterocycles. The van der Waals surface area contributed by atoms with E-state index in [9.17, 15) is 0 Å². The number of alkyl halides is 1. The van der Waals surface area contributed by atoms with Crippen LogP contribution in [0.15, 0.2) is 42.7 Å². The monoisotopic (exact) mass is 357 g/mol. The molecule has 0 spiro atoms. The van der Waals surface area contributed by atoms with Gasteiger partial charge in [-0.3, -0.25) is 4.98 Å². The van der Waals surface area contributed by atoms with E-state index in [2.05, 4.69) is 27.0 Å². The van der Waals surface area contributed by atoms with Gasteiger partial charge < -0.3 is 0 Å². The molecule has 0 aliphatic carbocycles. The average molecular weight is 359 g/mol. The second-order valence-corrected chi connectivity index (χ2v) is 6.02. The third kappa shape index (κ3) is 4.48. The maximum absolute atomic E-state index is 6.15. The maximum atomic E-state index is 6.15. The van der Waals surface area contributed by atoms with E-state index >= 15 is 0 Å². The van der Waals surface area contributed by atoms with Crippen molar-refractivity contribution in [3.05, 3.63) is 63.9 Å². The van der Waals surface area contributed by atoms with E-state index < -0.39 is 0 Å². The highest BCUT2D eigenvalue weighted by atomic mass is 79.9. The van der Waals surface area contributed by atoms with Gasteiger partial charge in [-0.1, -0.05) is 51.3 Å². The number of benzene rings is 1. The summed E-state index contributed by atoms with van der Waals surface area (Å²) in [6, 6.07) is 9.99. The van der Waals surface area contributed by atoms with E-state index in [1.165, 1.54) is 5.56 Å². The highest BCUT2D eigenvalue weighted by Gasteiger charge is 2.12. The van der Waals surface area contributed by atoms with Crippen LogP contribution in [0.2, 0.25) is 10.0 Å². The second kappa shape index (κ2) is 7.28. The molecule has 0 fully saturated rings. The molecule has 0 amide bonds. The summed E-state index contributed by atoms with van der Waals surface area (Å²) in [5, 5.41) is 2.45. The Hall–Kier alpha value is -0.570. The number of rotatable bonds is 5. The van der Waals surface area contributed by atoms with Gasteiger partial charge in [0.2, 0.25) is 0 Å². The van der Waals surface area contributed by atoms with Crippen LogP contribution in [-0.2, 0) is 12.8 Å². The lowest BCUT2D eigenvalue weighted by Gasteiger charge is -2.15. The first-order valence-electron chi connectivity index (χ1n) is 6.08. The van der Waals surface area contributed by atoms with Crippen molar-refractivity contribution < 1.29 is 0 Å². The standard InChI is InChI=1S/C15H14BrCl2N/c16-9-12(6-11-2-1-3-14(17)8-11)7-13-4-5-19-10-15(13)18/h1-5,8,10,12H,6-7,9H2. The summed E-state index contributed by atoms with van der Waals surface area (Å²) in [6.45, 7) is 0. The molecule has 1 aromatic heterocycles. The van der Waals surface area contributed by atoms with Crippen molar-refractivity contribution in [3.8, 4) is 0 Å². The van der Waals surface area contributed by atoms with Crippen molar-refractivity contribution in [1.29, 1.82) is 0 Å². The Morgan fingerprint density at radius 1 is 1.16 bits per heavy atom. The Morgan fingerprint density at radius 3 is 2.68 bits per heavy atom. The molecule has 1 unspecified atom stereocenters. The largest absolute Gasteiger partial charge is 0.263 e. The van der Waals surface area contributed by atoms with Crippen LogP contribution in [0, 0.1) is 5.92 Å². The Balaban J connectivity index is 2.07. The smallest absolute Gasteiger partial charge is 0.0621 e. The van der Waals surface area contributed by atoms with Crippen molar-refractivity contribution in [2.75, 3.05) is 5.33 Å². The molecular weight excluding hydrogens is 345 g/mol. The molecular formula is C15H14BrCl2N. The van der Waals surface area contributed by atoms with Gasteiger partial charge in [0.05, 0.1) is 5.02 Å². The van der Waals surface area contributed by atoms with Gasteiger partial charge in [0.1, 0.15) is 0 Å². The van der Waals surface area contributed by atoms with Crippen LogP contribution in [0.1, 0.15) is 11.1 Å². The zero-order valence-electron chi connectivity index (χ0n) is 10.3. The Kier molecular flexibility index (Phi) is 5.68. The predicted molar refractivity (Wildman–Crippen MR) is 85.4 cm³/mol. The van der Waals surface area contributed by atoms with Gasteiger partial charge in [0.25, 0.3) is 0 Å². The van der Waals surface area contributed by atoms with E-state index in [4.69, 9.17) is 23.2 Å². The summed E-state index contributed by atoms with van der Waals surface area (Å²) in [7, 11) is 0. The molecule has 1 nitrogen and oxygen atoms in total. The van der Waals surface area contributed by atoms with Crippen LogP contribution in [0.5, 0.6) is 0 Å². The van der Waals surface area contributed by atoms with Crippen LogP contribution in [-0.4, -0.2) is 10.3 Å². The van der Waals surface area contributed by atoms with Crippen molar-refractivity contribution in [2.24, 2.45) is 5.92 Å². The summed E-state index contributed by atoms with van der Waals surface area (Å²) in [6.07, 6.45) is 5.39. The molecule has 0 saturated carbocycles. The zero-order chi connectivity index (χ0) is 13.7. The molecule has 1 atom stereocenters. The number of nitrogens with zero attached hydrogens (tertiary/aromatic N) is 1. The minimum Gasteiger partial charge on any atom is -0.263 e. The Morgan fingerprint density at radius 2 is 2.00 bits per heavy atom. The fraction of sp³-hybridized carbons (Fsp3) is 0.267. The fourth-order valence-corrected chi connectivity index (χ4v) is 2.93. The van der Waals surface area contributed by atoms with Crippen molar-refractivity contribution in [2.45, 2.75) is 12.8 Å². The van der Waals surface area contributed by atoms with Gasteiger partial charge in [0.15, 0.2) is 0 Å². The van der Waals surface area contributed by atoms with Crippen LogP contribution >= 0.6 is 39.1 Å². The summed E-state index contributed by atoms with van der Waals surface area (Å²) < 4.78 is 0. The molecule has 0 bridgehead atoms. The van der Waals surface area contributed by atoms with E-state index in [0.717, 1.165) is 33.8 Å². The van der Waals surface area contributed by atoms with Gasteiger partial charge in [-0.25, -0.2) is 0 Å². The lowest BCUT2D eigenvalue weighted by Crippen LogP contribution is -2.10. The van der Waals surface area contributed by atoms with E-state index in [1.807, 2.05) is 24.3 Å². The molecule has 2 aromatic rings. The summed E-state index contributed by atoms with van der Waals surface area (Å²) in [5.41, 5.74) is 2.39. The Bertz CT molecular complexity index is 545. The fourth-order valence-electron chi connectivity index (χ4n) is 2.06. The molecule has 0 radical (unpaired) electrons. The second-order valence-electron chi connectivity index (χ2n) is 4.53. The third-order valence-corrected chi connectivity index (χ3v) is 4.49. The lowest BCUT2D eigenvalue weighted by atomic mass is 9.94. The van der Waals surface area contributed by atoms with Gasteiger partial charge in [-0.2, -0.15) is 0 Å². The zero-order valence-corrected chi connectivity index (χ0v) is 13.4. The van der Waals surface area contributed by atoms with Crippen LogP contribution in [0.3, 0.4) is 0 Å². The number of aromatic nitrogens is 1. The average Bonchev–Trinajstić information content (AvgIpc) is 2.40. The van der Waals surface area contributed by atoms with Crippen molar-refractivity contribution in [3.63, 3.8) is 0 Å². The first-order chi connectivity index (χ1) is 9.19. The quantitative estimate of drug-likeness (QED) is 0.670. The van der Waals surface area contributed by atoms with Gasteiger partial charge in [-0.05, 0) is 48.1 Å². The predicted octanol–water partition coefficient (Wildman–Crippen LogP) is 5.18. The van der Waals surface area contributed by atoms with Crippen molar-refractivity contribution >= 4 is 39.1 Å². The Labute approximate surface area is 132 Å². The molecule has 0 N–H and O–H groups in total. The number of pyridine rings is 1. The summed E-state index contributed by atoms with van der Waals surface area (Å²) >= 11 is 15.8. The molecule has 2 rings (SSSR count). The maximum Gasteiger partial charge on any atom is 0.0621 e. The van der Waals surface area contributed by atoms with E-state index in [-0.39, 0.29) is 0 Å². The van der Waals surface area contributed by atoms with Crippen LogP contribution < -0.4 is 0 Å². The topological polar surface area (TPSA) is 12.9 Å². The third-order valence-electron chi connectivity index (χ3n) is 3.00. The van der Waals surface area contributed by atoms with Gasteiger partial charge in [-0.15, -0.1) is 0 Å². The molecule has 1 aromatic carbocycles. The lowest BCUT2D eigenvalue weighted by molar-refractivity contribution is 0.591. The molecule has 1 heterocycles. The normalized spacial score (nSPS) is 12.4. The number of hydrogen-bond acceptors (Lipinski definition) is 1. The minimum atomic E-state index is 0.485. The van der Waals surface area contributed by atoms with Crippen LogP contribution in [0.4, 0.5) is 0 Å². The highest BCUT2D eigenvalue weighted by molar-refractivity contribution is 9.09. The molecule has 0 aliphatic rings. The van der Waals surface area contributed by atoms with Crippen molar-refractivity contribution in [1.82, 2.24) is 4.98 Å². The van der Waals surface area contributed by atoms with E-state index in [1.54, 1.807) is 12.4 Å². The number of halogens is 3. The van der Waals surface area contributed by atoms with Gasteiger partial charge in [0, 0.05) is 22.7 Å². The SMILES string of the molecule is Clc1cccc(CC(CBr)Cc2ccncc2Cl)c1. The molecule has 0 aliphatic heterocycles. The first-order valence-corrected chi connectivity index (χ1v) is 7.95. The summed E-state index contributed by atoms with van der Waals surface area (Å²) in [5.74, 6) is 0.485. The molecule has 4 heteroatoms. The first kappa shape index (κ1) is 14.8. The van der Waals surface area contributed by atoms with Crippen LogP contribution in [0.25, 0.3) is 0 Å². The molecule has 100 valence electrons. The summed E-state index contributed by atoms with van der Waals surface area (Å²) in [4.78, 5) is 4.01. The minimum absolute atomic E-state index is 0.485. The molecule has 19 heavy (non-hydrogen) atoms. The highest BCUT2D eigenvalue weighted by Crippen LogP contribution is 2.22. The number of hydrogen-bond donors (Lipinski definition) is 0. The van der Waals surface area contributed by atoms with Gasteiger partial charge >= 0.3 is 0 Å².